The standard InChI is InChI=1S/C24H25N5O2S/c25-18-9-7-17(8-10-18)4-3-15-32(30,31)29-14-12-21-23(29)20-5-1-2-6-22(20)28-24(21)27-19-11-13-26-16-19/h1-10,12,14,19,26H,11,13,15-16,25H2,(H,27,28)/t19-/m1/s1. The van der Waals surface area contributed by atoms with E-state index in [1.54, 1.807) is 30.5 Å². The van der Waals surface area contributed by atoms with Gasteiger partial charge in [-0.3, -0.25) is 0 Å². The van der Waals surface area contributed by atoms with Crippen molar-refractivity contribution in [3.8, 4) is 0 Å². The molecule has 1 aliphatic rings. The fourth-order valence-electron chi connectivity index (χ4n) is 4.13. The number of pyridine rings is 1. The molecule has 1 fully saturated rings. The van der Waals surface area contributed by atoms with E-state index in [0.29, 0.717) is 11.2 Å². The Morgan fingerprint density at radius 2 is 1.94 bits per heavy atom. The Morgan fingerprint density at radius 1 is 1.12 bits per heavy atom. The molecule has 0 unspecified atom stereocenters. The Morgan fingerprint density at radius 3 is 2.72 bits per heavy atom. The number of benzene rings is 2. The van der Waals surface area contributed by atoms with Crippen LogP contribution in [0.25, 0.3) is 27.9 Å². The summed E-state index contributed by atoms with van der Waals surface area (Å²) in [6.45, 7) is 1.83. The van der Waals surface area contributed by atoms with Crippen LogP contribution in [0.15, 0.2) is 66.9 Å². The highest BCUT2D eigenvalue weighted by Gasteiger charge is 2.21. The average molecular weight is 448 g/mol. The number of fused-ring (bicyclic) bond motifs is 3. The van der Waals surface area contributed by atoms with Crippen molar-refractivity contribution >= 4 is 49.4 Å². The second-order valence-corrected chi connectivity index (χ2v) is 9.92. The summed E-state index contributed by atoms with van der Waals surface area (Å²) in [5.74, 6) is 0.603. The van der Waals surface area contributed by atoms with E-state index in [2.05, 4.69) is 10.6 Å². The van der Waals surface area contributed by atoms with E-state index < -0.39 is 10.0 Å². The van der Waals surface area contributed by atoms with E-state index in [4.69, 9.17) is 10.7 Å². The molecule has 0 aliphatic carbocycles. The Labute approximate surface area is 187 Å². The van der Waals surface area contributed by atoms with Gasteiger partial charge in [0.15, 0.2) is 0 Å². The lowest BCUT2D eigenvalue weighted by Crippen LogP contribution is -2.23. The summed E-state index contributed by atoms with van der Waals surface area (Å²) < 4.78 is 28.0. The number of nitrogens with one attached hydrogen (secondary N) is 2. The van der Waals surface area contributed by atoms with Gasteiger partial charge in [-0.25, -0.2) is 17.4 Å². The number of aromatic nitrogens is 2. The van der Waals surface area contributed by atoms with Crippen LogP contribution in [0, 0.1) is 0 Å². The molecule has 2 aromatic carbocycles. The molecule has 1 atom stereocenters. The molecular weight excluding hydrogens is 422 g/mol. The average Bonchev–Trinajstić information content (AvgIpc) is 3.46. The molecule has 1 saturated heterocycles. The van der Waals surface area contributed by atoms with Crippen LogP contribution in [0.5, 0.6) is 0 Å². The lowest BCUT2D eigenvalue weighted by atomic mass is 10.1. The topological polar surface area (TPSA) is 102 Å². The summed E-state index contributed by atoms with van der Waals surface area (Å²) in [4.78, 5) is 4.80. The molecule has 4 aromatic rings. The molecule has 1 aliphatic heterocycles. The smallest absolute Gasteiger partial charge is 0.242 e. The minimum atomic E-state index is -3.62. The first-order valence-electron chi connectivity index (χ1n) is 10.6. The number of nitrogens with two attached hydrogens (primary N) is 1. The highest BCUT2D eigenvalue weighted by molar-refractivity contribution is 7.90. The minimum Gasteiger partial charge on any atom is -0.399 e. The number of anilines is 2. The molecular formula is C24H25N5O2S. The first-order valence-corrected chi connectivity index (χ1v) is 12.2. The normalized spacial score (nSPS) is 16.9. The number of hydrogen-bond acceptors (Lipinski definition) is 6. The highest BCUT2D eigenvalue weighted by atomic mass is 32.2. The van der Waals surface area contributed by atoms with Gasteiger partial charge in [-0.15, -0.1) is 0 Å². The van der Waals surface area contributed by atoms with Crippen molar-refractivity contribution in [2.45, 2.75) is 12.5 Å². The predicted octanol–water partition coefficient (Wildman–Crippen LogP) is 3.44. The third-order valence-electron chi connectivity index (χ3n) is 5.75. The van der Waals surface area contributed by atoms with E-state index >= 15 is 0 Å². The number of hydrogen-bond donors (Lipinski definition) is 3. The van der Waals surface area contributed by atoms with Crippen LogP contribution < -0.4 is 16.4 Å². The van der Waals surface area contributed by atoms with Gasteiger partial charge in [0.05, 0.1) is 16.8 Å². The monoisotopic (exact) mass is 447 g/mol. The van der Waals surface area contributed by atoms with Gasteiger partial charge in [-0.2, -0.15) is 0 Å². The fourth-order valence-corrected chi connectivity index (χ4v) is 5.35. The zero-order chi connectivity index (χ0) is 22.1. The maximum atomic E-state index is 13.3. The van der Waals surface area contributed by atoms with E-state index in [0.717, 1.165) is 47.2 Å². The van der Waals surface area contributed by atoms with Crippen molar-refractivity contribution < 1.29 is 8.42 Å². The second-order valence-electron chi connectivity index (χ2n) is 8.03. The zero-order valence-electron chi connectivity index (χ0n) is 17.5. The van der Waals surface area contributed by atoms with Crippen molar-refractivity contribution in [3.05, 3.63) is 72.4 Å². The van der Waals surface area contributed by atoms with Gasteiger partial charge in [0.1, 0.15) is 5.82 Å². The Hall–Kier alpha value is -3.36. The summed E-state index contributed by atoms with van der Waals surface area (Å²) in [5, 5.41) is 8.47. The van der Waals surface area contributed by atoms with Crippen LogP contribution in [0.3, 0.4) is 0 Å². The quantitative estimate of drug-likeness (QED) is 0.392. The molecule has 164 valence electrons. The molecule has 0 radical (unpaired) electrons. The molecule has 7 nitrogen and oxygen atoms in total. The Kier molecular flexibility index (Phi) is 5.32. The number of nitrogen functional groups attached to an aromatic ring is 1. The SMILES string of the molecule is Nc1ccc(C=CCS(=O)(=O)n2ccc3c(N[C@@H]4CCNC4)nc4ccccc4c32)cc1. The highest BCUT2D eigenvalue weighted by Crippen LogP contribution is 2.32. The molecule has 0 bridgehead atoms. The summed E-state index contributed by atoms with van der Waals surface area (Å²) >= 11 is 0. The largest absolute Gasteiger partial charge is 0.399 e. The van der Waals surface area contributed by atoms with Gasteiger partial charge in [0, 0.05) is 35.2 Å². The van der Waals surface area contributed by atoms with Crippen LogP contribution in [0.2, 0.25) is 0 Å². The first-order chi connectivity index (χ1) is 15.5. The lowest BCUT2D eigenvalue weighted by molar-refractivity contribution is 0.592. The Balaban J connectivity index is 1.54. The number of rotatable bonds is 6. The van der Waals surface area contributed by atoms with Crippen molar-refractivity contribution in [3.63, 3.8) is 0 Å². The summed E-state index contributed by atoms with van der Waals surface area (Å²) in [6, 6.07) is 17.1. The summed E-state index contributed by atoms with van der Waals surface area (Å²) in [7, 11) is -3.62. The van der Waals surface area contributed by atoms with Gasteiger partial charge in [-0.05, 0) is 42.8 Å². The van der Waals surface area contributed by atoms with Gasteiger partial charge in [0.25, 0.3) is 0 Å². The molecule has 8 heteroatoms. The van der Waals surface area contributed by atoms with E-state index in [1.165, 1.54) is 3.97 Å². The van der Waals surface area contributed by atoms with Crippen LogP contribution >= 0.6 is 0 Å². The van der Waals surface area contributed by atoms with Crippen LogP contribution in [0.1, 0.15) is 12.0 Å². The molecule has 5 rings (SSSR count). The van der Waals surface area contributed by atoms with Crippen LogP contribution in [0.4, 0.5) is 11.5 Å². The predicted molar refractivity (Wildman–Crippen MR) is 131 cm³/mol. The van der Waals surface area contributed by atoms with E-state index in [1.807, 2.05) is 42.5 Å². The number of nitrogens with zero attached hydrogens (tertiary/aromatic N) is 2. The zero-order valence-corrected chi connectivity index (χ0v) is 18.3. The van der Waals surface area contributed by atoms with Gasteiger partial charge in [-0.1, -0.05) is 42.5 Å². The Bertz CT molecular complexity index is 1400. The molecule has 4 N–H and O–H groups in total. The van der Waals surface area contributed by atoms with Gasteiger partial charge < -0.3 is 16.4 Å². The third kappa shape index (κ3) is 3.94. The van der Waals surface area contributed by atoms with Gasteiger partial charge in [0.2, 0.25) is 10.0 Å². The molecule has 3 heterocycles. The molecule has 0 amide bonds. The van der Waals surface area contributed by atoms with Crippen molar-refractivity contribution in [1.82, 2.24) is 14.3 Å². The molecule has 0 spiro atoms. The van der Waals surface area contributed by atoms with Crippen molar-refractivity contribution in [1.29, 1.82) is 0 Å². The minimum absolute atomic E-state index is 0.118. The molecule has 2 aromatic heterocycles. The maximum Gasteiger partial charge on any atom is 0.242 e. The summed E-state index contributed by atoms with van der Waals surface area (Å²) in [5.41, 5.74) is 8.71. The van der Waals surface area contributed by atoms with Gasteiger partial charge >= 0.3 is 0 Å². The van der Waals surface area contributed by atoms with E-state index in [9.17, 15) is 8.42 Å². The van der Waals surface area contributed by atoms with E-state index in [-0.39, 0.29) is 11.8 Å². The van der Waals surface area contributed by atoms with Crippen molar-refractivity contribution in [2.75, 3.05) is 29.9 Å². The molecule has 0 saturated carbocycles. The van der Waals surface area contributed by atoms with Crippen LogP contribution in [-0.4, -0.2) is 42.3 Å². The fraction of sp³-hybridized carbons (Fsp3) is 0.208. The third-order valence-corrected chi connectivity index (χ3v) is 7.27. The van der Waals surface area contributed by atoms with Crippen molar-refractivity contribution in [2.24, 2.45) is 0 Å². The van der Waals surface area contributed by atoms with Crippen LogP contribution in [-0.2, 0) is 10.0 Å². The second kappa shape index (κ2) is 8.29. The lowest BCUT2D eigenvalue weighted by Gasteiger charge is -2.15. The summed E-state index contributed by atoms with van der Waals surface area (Å²) in [6.07, 6.45) is 6.09. The first kappa shape index (κ1) is 20.5. The maximum absolute atomic E-state index is 13.3. The number of para-hydroxylation sites is 1. The molecule has 32 heavy (non-hydrogen) atoms.